The van der Waals surface area contributed by atoms with E-state index in [0.717, 1.165) is 15.6 Å². The van der Waals surface area contributed by atoms with Crippen LogP contribution in [-0.4, -0.2) is 15.0 Å². The predicted molar refractivity (Wildman–Crippen MR) is 89.6 cm³/mol. The zero-order valence-electron chi connectivity index (χ0n) is 11.8. The van der Waals surface area contributed by atoms with Crippen molar-refractivity contribution in [2.75, 3.05) is 6.54 Å². The number of benzene rings is 2. The second-order valence-corrected chi connectivity index (χ2v) is 7.77. The van der Waals surface area contributed by atoms with Crippen molar-refractivity contribution in [3.05, 3.63) is 70.2 Å². The Hall–Kier alpha value is -1.17. The van der Waals surface area contributed by atoms with Gasteiger partial charge in [-0.15, -0.1) is 0 Å². The van der Waals surface area contributed by atoms with E-state index in [2.05, 4.69) is 20.7 Å². The third-order valence-electron chi connectivity index (χ3n) is 3.25. The second-order valence-electron chi connectivity index (χ2n) is 5.05. The van der Waals surface area contributed by atoms with Crippen molar-refractivity contribution in [2.24, 2.45) is 0 Å². The van der Waals surface area contributed by atoms with Crippen LogP contribution >= 0.6 is 15.9 Å². The molecule has 0 aromatic heterocycles. The molecular formula is C16H18BrNO2S. The van der Waals surface area contributed by atoms with Gasteiger partial charge in [-0.3, -0.25) is 0 Å². The third kappa shape index (κ3) is 5.26. The molecule has 0 fully saturated rings. The quantitative estimate of drug-likeness (QED) is 0.846. The Bertz CT molecular complexity index is 669. The van der Waals surface area contributed by atoms with Gasteiger partial charge in [0.1, 0.15) is 0 Å². The van der Waals surface area contributed by atoms with Crippen molar-refractivity contribution in [2.45, 2.75) is 18.6 Å². The van der Waals surface area contributed by atoms with E-state index >= 15 is 0 Å². The summed E-state index contributed by atoms with van der Waals surface area (Å²) in [6.45, 7) is 2.42. The molecule has 1 unspecified atom stereocenters. The number of sulfonamides is 1. The van der Waals surface area contributed by atoms with Crippen LogP contribution in [-0.2, 0) is 15.8 Å². The highest BCUT2D eigenvalue weighted by Crippen LogP contribution is 2.15. The first-order chi connectivity index (χ1) is 9.96. The molecule has 0 bridgehead atoms. The molecule has 0 heterocycles. The second kappa shape index (κ2) is 7.20. The number of hydrogen-bond acceptors (Lipinski definition) is 2. The van der Waals surface area contributed by atoms with Gasteiger partial charge in [-0.1, -0.05) is 65.3 Å². The Morgan fingerprint density at radius 3 is 2.29 bits per heavy atom. The van der Waals surface area contributed by atoms with Gasteiger partial charge in [0.25, 0.3) is 0 Å². The Balaban J connectivity index is 1.94. The smallest absolute Gasteiger partial charge is 0.214 e. The lowest BCUT2D eigenvalue weighted by atomic mass is 10.0. The molecule has 2 aromatic carbocycles. The van der Waals surface area contributed by atoms with Crippen LogP contribution in [0.2, 0.25) is 0 Å². The molecule has 0 aliphatic carbocycles. The Morgan fingerprint density at radius 1 is 1.05 bits per heavy atom. The van der Waals surface area contributed by atoms with Gasteiger partial charge in [0.15, 0.2) is 0 Å². The summed E-state index contributed by atoms with van der Waals surface area (Å²) in [5.41, 5.74) is 1.90. The Kier molecular flexibility index (Phi) is 5.56. The van der Waals surface area contributed by atoms with Crippen LogP contribution in [0.5, 0.6) is 0 Å². The average Bonchev–Trinajstić information content (AvgIpc) is 2.48. The first-order valence-corrected chi connectivity index (χ1v) is 9.17. The minimum atomic E-state index is -3.32. The topological polar surface area (TPSA) is 46.2 Å². The van der Waals surface area contributed by atoms with Crippen molar-refractivity contribution in [1.82, 2.24) is 4.72 Å². The molecule has 1 atom stereocenters. The number of halogens is 1. The third-order valence-corrected chi connectivity index (χ3v) is 5.10. The van der Waals surface area contributed by atoms with E-state index in [1.54, 1.807) is 0 Å². The maximum atomic E-state index is 12.1. The molecule has 0 saturated carbocycles. The summed E-state index contributed by atoms with van der Waals surface area (Å²) < 4.78 is 27.8. The van der Waals surface area contributed by atoms with Crippen LogP contribution in [0, 0.1) is 0 Å². The normalized spacial score (nSPS) is 13.0. The maximum absolute atomic E-state index is 12.1. The first kappa shape index (κ1) is 16.2. The van der Waals surface area contributed by atoms with Gasteiger partial charge in [0.2, 0.25) is 10.0 Å². The Morgan fingerprint density at radius 2 is 1.67 bits per heavy atom. The molecule has 1 N–H and O–H groups in total. The van der Waals surface area contributed by atoms with Gasteiger partial charge in [0, 0.05) is 11.0 Å². The molecule has 0 amide bonds. The fraction of sp³-hybridized carbons (Fsp3) is 0.250. The minimum Gasteiger partial charge on any atom is -0.214 e. The molecule has 112 valence electrons. The lowest BCUT2D eigenvalue weighted by Gasteiger charge is -2.13. The fourth-order valence-electron chi connectivity index (χ4n) is 2.00. The van der Waals surface area contributed by atoms with Gasteiger partial charge < -0.3 is 0 Å². The van der Waals surface area contributed by atoms with Gasteiger partial charge in [-0.05, 0) is 29.2 Å². The molecule has 0 saturated heterocycles. The Labute approximate surface area is 134 Å². The summed E-state index contributed by atoms with van der Waals surface area (Å²) in [6.07, 6.45) is 0. The monoisotopic (exact) mass is 367 g/mol. The highest BCUT2D eigenvalue weighted by molar-refractivity contribution is 9.10. The van der Waals surface area contributed by atoms with Gasteiger partial charge >= 0.3 is 0 Å². The molecule has 0 spiro atoms. The number of rotatable bonds is 6. The van der Waals surface area contributed by atoms with E-state index in [-0.39, 0.29) is 11.7 Å². The van der Waals surface area contributed by atoms with Crippen LogP contribution in [0.15, 0.2) is 59.1 Å². The van der Waals surface area contributed by atoms with Crippen LogP contribution in [0.4, 0.5) is 0 Å². The lowest BCUT2D eigenvalue weighted by Crippen LogP contribution is -2.28. The summed E-state index contributed by atoms with van der Waals surface area (Å²) in [6, 6.07) is 17.2. The molecule has 0 aliphatic rings. The van der Waals surface area contributed by atoms with E-state index in [9.17, 15) is 8.42 Å². The van der Waals surface area contributed by atoms with Crippen LogP contribution in [0.1, 0.15) is 24.0 Å². The summed E-state index contributed by atoms with van der Waals surface area (Å²) in [4.78, 5) is 0. The number of hydrogen-bond donors (Lipinski definition) is 1. The zero-order valence-corrected chi connectivity index (χ0v) is 14.2. The van der Waals surface area contributed by atoms with E-state index < -0.39 is 10.0 Å². The highest BCUT2D eigenvalue weighted by atomic mass is 79.9. The van der Waals surface area contributed by atoms with Crippen molar-refractivity contribution in [3.8, 4) is 0 Å². The largest absolute Gasteiger partial charge is 0.215 e. The predicted octanol–water partition coefficient (Wildman–Crippen LogP) is 3.67. The standard InChI is InChI=1S/C16H18BrNO2S/c1-13(15-5-3-2-4-6-15)11-18-21(19,20)12-14-7-9-16(17)10-8-14/h2-10,13,18H,11-12H2,1H3. The summed E-state index contributed by atoms with van der Waals surface area (Å²) in [5.74, 6) is 0.146. The zero-order chi connectivity index (χ0) is 15.3. The molecular weight excluding hydrogens is 350 g/mol. The number of nitrogens with one attached hydrogen (secondary N) is 1. The molecule has 3 nitrogen and oxygen atoms in total. The van der Waals surface area contributed by atoms with E-state index in [1.165, 1.54) is 0 Å². The van der Waals surface area contributed by atoms with Gasteiger partial charge in [-0.2, -0.15) is 0 Å². The molecule has 21 heavy (non-hydrogen) atoms. The van der Waals surface area contributed by atoms with E-state index in [4.69, 9.17) is 0 Å². The molecule has 2 aromatic rings. The van der Waals surface area contributed by atoms with Crippen LogP contribution < -0.4 is 4.72 Å². The molecule has 5 heteroatoms. The average molecular weight is 368 g/mol. The molecule has 2 rings (SSSR count). The van der Waals surface area contributed by atoms with Crippen molar-refractivity contribution >= 4 is 26.0 Å². The van der Waals surface area contributed by atoms with Crippen molar-refractivity contribution < 1.29 is 8.42 Å². The van der Waals surface area contributed by atoms with E-state index in [0.29, 0.717) is 6.54 Å². The maximum Gasteiger partial charge on any atom is 0.215 e. The van der Waals surface area contributed by atoms with Gasteiger partial charge in [-0.25, -0.2) is 13.1 Å². The summed E-state index contributed by atoms with van der Waals surface area (Å²) >= 11 is 3.34. The lowest BCUT2D eigenvalue weighted by molar-refractivity contribution is 0.574. The van der Waals surface area contributed by atoms with Crippen molar-refractivity contribution in [3.63, 3.8) is 0 Å². The van der Waals surface area contributed by atoms with Crippen LogP contribution in [0.3, 0.4) is 0 Å². The van der Waals surface area contributed by atoms with Crippen LogP contribution in [0.25, 0.3) is 0 Å². The highest BCUT2D eigenvalue weighted by Gasteiger charge is 2.13. The SMILES string of the molecule is CC(CNS(=O)(=O)Cc1ccc(Br)cc1)c1ccccc1. The van der Waals surface area contributed by atoms with E-state index in [1.807, 2.05) is 61.5 Å². The first-order valence-electron chi connectivity index (χ1n) is 6.73. The molecule has 0 aliphatic heterocycles. The van der Waals surface area contributed by atoms with Crippen molar-refractivity contribution in [1.29, 1.82) is 0 Å². The summed E-state index contributed by atoms with van der Waals surface area (Å²) in [5, 5.41) is 0. The molecule has 0 radical (unpaired) electrons. The minimum absolute atomic E-state index is 0.00178. The van der Waals surface area contributed by atoms with Gasteiger partial charge in [0.05, 0.1) is 5.75 Å². The fourth-order valence-corrected chi connectivity index (χ4v) is 3.50. The summed E-state index contributed by atoms with van der Waals surface area (Å²) in [7, 11) is -3.32.